The summed E-state index contributed by atoms with van der Waals surface area (Å²) in [5.74, 6) is -3.00. The quantitative estimate of drug-likeness (QED) is 0.0276. The predicted octanol–water partition coefficient (Wildman–Crippen LogP) is -3.90. The molecular formula is C31H29N12NaO9S3. The molecule has 2 aromatic heterocycles. The largest absolute Gasteiger partial charge is 1.00 e. The van der Waals surface area contributed by atoms with Gasteiger partial charge in [0.2, 0.25) is 27.0 Å². The van der Waals surface area contributed by atoms with Crippen molar-refractivity contribution in [1.82, 2.24) is 45.7 Å². The van der Waals surface area contributed by atoms with Crippen LogP contribution in [0.15, 0.2) is 93.5 Å². The average molecular weight is 833 g/mol. The molecule has 1 fully saturated rings. The molecule has 2 aliphatic heterocycles. The summed E-state index contributed by atoms with van der Waals surface area (Å²) in [5, 5.41) is 48.3. The number of nitrogens with zero attached hydrogens (tertiary/aromatic N) is 6. The number of phenols is 1. The fourth-order valence-electron chi connectivity index (χ4n) is 5.38. The van der Waals surface area contributed by atoms with E-state index in [1.54, 1.807) is 6.08 Å². The van der Waals surface area contributed by atoms with E-state index >= 15 is 0 Å². The van der Waals surface area contributed by atoms with Crippen LogP contribution in [0.4, 0.5) is 22.1 Å². The van der Waals surface area contributed by atoms with Gasteiger partial charge in [0.15, 0.2) is 0 Å². The van der Waals surface area contributed by atoms with Crippen LogP contribution in [0, 0.1) is 0 Å². The number of sulfonamides is 1. The van der Waals surface area contributed by atoms with Gasteiger partial charge in [0.25, 0.3) is 11.5 Å². The molecule has 286 valence electrons. The summed E-state index contributed by atoms with van der Waals surface area (Å²) in [6.07, 6.45) is 2.63. The second kappa shape index (κ2) is 17.7. The first kappa shape index (κ1) is 41.9. The molecule has 25 heteroatoms. The number of thioether (sulfide) groups is 2. The van der Waals surface area contributed by atoms with Crippen LogP contribution in [0.1, 0.15) is 11.6 Å². The Morgan fingerprint density at radius 1 is 1.16 bits per heavy atom. The molecule has 2 unspecified atom stereocenters. The zero-order valence-corrected chi connectivity index (χ0v) is 33.5. The van der Waals surface area contributed by atoms with Crippen molar-refractivity contribution in [3.63, 3.8) is 0 Å². The summed E-state index contributed by atoms with van der Waals surface area (Å²) < 4.78 is 24.5. The van der Waals surface area contributed by atoms with Crippen molar-refractivity contribution >= 4 is 74.7 Å². The molecule has 8 N–H and O–H groups in total. The maximum Gasteiger partial charge on any atom is 1.00 e. The van der Waals surface area contributed by atoms with Crippen molar-refractivity contribution < 1.29 is 67.4 Å². The van der Waals surface area contributed by atoms with E-state index in [2.05, 4.69) is 53.3 Å². The monoisotopic (exact) mass is 832 g/mol. The van der Waals surface area contributed by atoms with Gasteiger partial charge in [0, 0.05) is 17.2 Å². The third-order valence-electron chi connectivity index (χ3n) is 7.97. The molecule has 4 amide bonds. The predicted molar refractivity (Wildman–Crippen MR) is 195 cm³/mol. The van der Waals surface area contributed by atoms with E-state index in [0.29, 0.717) is 23.0 Å². The number of aromatic amines is 1. The van der Waals surface area contributed by atoms with Crippen molar-refractivity contribution in [1.29, 1.82) is 0 Å². The summed E-state index contributed by atoms with van der Waals surface area (Å²) >= 11 is 2.39. The van der Waals surface area contributed by atoms with Crippen LogP contribution < -0.4 is 66.6 Å². The Hall–Kier alpha value is -5.24. The van der Waals surface area contributed by atoms with Crippen LogP contribution in [-0.4, -0.2) is 95.3 Å². The Bertz CT molecular complexity index is 2370. The van der Waals surface area contributed by atoms with E-state index in [0.717, 1.165) is 11.1 Å². The van der Waals surface area contributed by atoms with E-state index in [-0.39, 0.29) is 74.6 Å². The molecule has 2 aliphatic rings. The van der Waals surface area contributed by atoms with Crippen LogP contribution in [0.3, 0.4) is 0 Å². The Morgan fingerprint density at radius 2 is 1.88 bits per heavy atom. The summed E-state index contributed by atoms with van der Waals surface area (Å²) in [7, 11) is -3.91. The molecule has 0 spiro atoms. The molecule has 4 heterocycles. The standard InChI is InChI=1S/C31H30N12O9S3.Na/c1-2-11-42-31(39-40-41-42)54-14-16-13-53-27-22(26(47)43(27)23(16)28(48)49)36-25(46)21(15-3-7-18(44)8-4-15)37-30(50)35-20-12-33-29(38-24(20)45)34-17-5-9-19(10-6-17)55(32,51)52;/h2-10,12,21-22,27,44H,1,11,13-14H2,(H,36,46)(H,48,49)(H2,32,51,52)(H2,35,37,50)(H2,33,34,38,45);/q;+1/p-1/t21?,22?,27-;/m0./s1. The van der Waals surface area contributed by atoms with E-state index in [9.17, 15) is 42.6 Å². The van der Waals surface area contributed by atoms with E-state index in [1.807, 2.05) is 0 Å². The van der Waals surface area contributed by atoms with Gasteiger partial charge in [0.05, 0.1) is 29.3 Å². The molecule has 1 saturated heterocycles. The number of nitrogens with two attached hydrogens (primary N) is 1. The number of aliphatic carboxylic acids is 1. The van der Waals surface area contributed by atoms with Gasteiger partial charge in [-0.25, -0.2) is 28.0 Å². The number of urea groups is 1. The fraction of sp³-hybridized carbons (Fsp3) is 0.194. The number of nitrogens with one attached hydrogen (secondary N) is 5. The molecule has 0 aliphatic carbocycles. The second-order valence-electron chi connectivity index (χ2n) is 11.6. The van der Waals surface area contributed by atoms with E-state index in [4.69, 9.17) is 5.14 Å². The fourth-order valence-corrected chi connectivity index (χ4v) is 8.26. The van der Waals surface area contributed by atoms with Gasteiger partial charge >= 0.3 is 35.6 Å². The molecular weight excluding hydrogens is 804 g/mol. The SMILES string of the molecule is C=CCn1nnnc1SCC1=C(C(=O)[O-])N2C(=O)C(NC(=O)C(NC(=O)Nc3cnc(Nc4ccc(S(N)(=O)=O)cc4)[nH]c3=O)c3ccc(O)cc3)[C@@H]2SC1.[Na+]. The Morgan fingerprint density at radius 3 is 2.52 bits per heavy atom. The molecule has 3 atom stereocenters. The molecule has 56 heavy (non-hydrogen) atoms. The second-order valence-corrected chi connectivity index (χ2v) is 15.3. The summed E-state index contributed by atoms with van der Waals surface area (Å²) in [5.41, 5.74) is -0.472. The van der Waals surface area contributed by atoms with Crippen LogP contribution in [0.25, 0.3) is 0 Å². The number of H-pyrrole nitrogens is 1. The number of fused-ring (bicyclic) bond motifs is 1. The number of β-lactam (4-membered cyclic amide) rings is 1. The van der Waals surface area contributed by atoms with Gasteiger partial charge in [-0.15, -0.1) is 23.4 Å². The van der Waals surface area contributed by atoms with Crippen molar-refractivity contribution in [2.24, 2.45) is 5.14 Å². The topological polar surface area (TPSA) is 312 Å². The number of phenolic OH excluding ortho intramolecular Hbond substituents is 1. The molecule has 6 rings (SSSR count). The normalized spacial score (nSPS) is 16.7. The van der Waals surface area contributed by atoms with Crippen molar-refractivity contribution in [3.05, 3.63) is 94.6 Å². The van der Waals surface area contributed by atoms with Crippen molar-refractivity contribution in [3.8, 4) is 5.75 Å². The number of carboxylic acids is 1. The third kappa shape index (κ3) is 9.40. The maximum atomic E-state index is 13.7. The molecule has 0 bridgehead atoms. The summed E-state index contributed by atoms with van der Waals surface area (Å²) in [6, 6.07) is 6.91. The van der Waals surface area contributed by atoms with Crippen molar-refractivity contribution in [2.75, 3.05) is 22.1 Å². The van der Waals surface area contributed by atoms with Gasteiger partial charge in [-0.1, -0.05) is 30.0 Å². The van der Waals surface area contributed by atoms with Gasteiger partial charge in [0.1, 0.15) is 28.9 Å². The minimum atomic E-state index is -3.91. The number of benzene rings is 2. The molecule has 0 radical (unpaired) electrons. The third-order valence-corrected chi connectivity index (χ3v) is 11.3. The Kier molecular flexibility index (Phi) is 13.2. The van der Waals surface area contributed by atoms with Gasteiger partial charge in [-0.3, -0.25) is 24.3 Å². The van der Waals surface area contributed by atoms with Gasteiger partial charge in [-0.05, 0) is 58.0 Å². The number of allylic oxidation sites excluding steroid dienone is 1. The van der Waals surface area contributed by atoms with E-state index in [1.165, 1.54) is 76.7 Å². The minimum Gasteiger partial charge on any atom is -0.543 e. The summed E-state index contributed by atoms with van der Waals surface area (Å²) in [4.78, 5) is 72.6. The van der Waals surface area contributed by atoms with Gasteiger partial charge < -0.3 is 36.3 Å². The number of hydrogen-bond acceptors (Lipinski definition) is 16. The average Bonchev–Trinajstić information content (AvgIpc) is 3.59. The molecule has 0 saturated carbocycles. The first-order valence-electron chi connectivity index (χ1n) is 15.8. The number of hydrogen-bond donors (Lipinski definition) is 7. The number of primary sulfonamides is 1. The number of anilines is 3. The number of carbonyl (C=O) groups excluding carboxylic acids is 4. The Labute approximate surface area is 347 Å². The minimum absolute atomic E-state index is 0. The Balaban J connectivity index is 0.00000600. The first-order valence-corrected chi connectivity index (χ1v) is 19.4. The number of aromatic nitrogens is 6. The van der Waals surface area contributed by atoms with Crippen LogP contribution in [0.2, 0.25) is 0 Å². The molecule has 4 aromatic rings. The smallest absolute Gasteiger partial charge is 0.543 e. The first-order chi connectivity index (χ1) is 26.2. The number of carbonyl (C=O) groups is 4. The van der Waals surface area contributed by atoms with Gasteiger partial charge in [-0.2, -0.15) is 0 Å². The number of aromatic hydroxyl groups is 1. The number of amides is 4. The van der Waals surface area contributed by atoms with Crippen LogP contribution in [0.5, 0.6) is 5.75 Å². The van der Waals surface area contributed by atoms with Crippen molar-refractivity contribution in [2.45, 2.75) is 34.1 Å². The molecule has 21 nitrogen and oxygen atoms in total. The molecule has 2 aromatic carbocycles. The summed E-state index contributed by atoms with van der Waals surface area (Å²) in [6.45, 7) is 3.98. The number of tetrazole rings is 1. The number of carboxylic acid groups (broad SMARTS) is 1. The zero-order chi connectivity index (χ0) is 39.4. The number of rotatable bonds is 14. The van der Waals surface area contributed by atoms with Crippen LogP contribution >= 0.6 is 23.5 Å². The zero-order valence-electron chi connectivity index (χ0n) is 29.0. The van der Waals surface area contributed by atoms with E-state index < -0.39 is 56.9 Å². The maximum absolute atomic E-state index is 13.7. The van der Waals surface area contributed by atoms with Crippen LogP contribution in [-0.2, 0) is 31.0 Å².